The van der Waals surface area contributed by atoms with Gasteiger partial charge in [0.2, 0.25) is 5.09 Å². The Hall–Kier alpha value is -0.900. The largest absolute Gasteiger partial charge is 0.447 e. The molecule has 2 N–H and O–H groups in total. The summed E-state index contributed by atoms with van der Waals surface area (Å²) in [5.74, 6) is 0.280. The summed E-state index contributed by atoms with van der Waals surface area (Å²) >= 11 is 0. The molecule has 0 aliphatic carbocycles. The van der Waals surface area contributed by atoms with E-state index in [1.807, 2.05) is 6.92 Å². The molecule has 1 aromatic rings. The first-order chi connectivity index (χ1) is 9.80. The van der Waals surface area contributed by atoms with E-state index in [4.69, 9.17) is 4.42 Å². The van der Waals surface area contributed by atoms with Crippen LogP contribution in [-0.4, -0.2) is 41.4 Å². The number of nitrogens with one attached hydrogen (secondary N) is 2. The van der Waals surface area contributed by atoms with Crippen LogP contribution in [0.15, 0.2) is 21.6 Å². The Morgan fingerprint density at radius 2 is 1.81 bits per heavy atom. The lowest BCUT2D eigenvalue weighted by Crippen LogP contribution is -2.29. The fourth-order valence-electron chi connectivity index (χ4n) is 1.53. The van der Waals surface area contributed by atoms with Crippen molar-refractivity contribution in [1.29, 1.82) is 0 Å². The van der Waals surface area contributed by atoms with Crippen molar-refractivity contribution in [2.45, 2.75) is 31.9 Å². The average Bonchev–Trinajstić information content (AvgIpc) is 2.88. The first-order valence-corrected chi connectivity index (χ1v) is 10.1. The van der Waals surface area contributed by atoms with Crippen LogP contribution in [0.4, 0.5) is 0 Å². The summed E-state index contributed by atoms with van der Waals surface area (Å²) in [6, 6.07) is 2.94. The highest BCUT2D eigenvalue weighted by atomic mass is 32.2. The summed E-state index contributed by atoms with van der Waals surface area (Å²) < 4.78 is 53.9. The highest BCUT2D eigenvalue weighted by Gasteiger charge is 2.19. The molecule has 1 heterocycles. The summed E-state index contributed by atoms with van der Waals surface area (Å²) in [5, 5.41) is 2.89. The van der Waals surface area contributed by atoms with E-state index in [2.05, 4.69) is 10.0 Å². The molecule has 0 aromatic carbocycles. The molecule has 21 heavy (non-hydrogen) atoms. The maximum absolute atomic E-state index is 11.9. The van der Waals surface area contributed by atoms with Gasteiger partial charge in [-0.05, 0) is 25.1 Å². The molecule has 0 fully saturated rings. The zero-order valence-electron chi connectivity index (χ0n) is 12.3. The Morgan fingerprint density at radius 1 is 1.10 bits per heavy atom. The zero-order valence-corrected chi connectivity index (χ0v) is 13.9. The normalized spacial score (nSPS) is 12.7. The van der Waals surface area contributed by atoms with Gasteiger partial charge in [0, 0.05) is 12.3 Å². The van der Waals surface area contributed by atoms with Crippen LogP contribution in [0.2, 0.25) is 0 Å². The predicted octanol–water partition coefficient (Wildman–Crippen LogP) is 0.492. The Morgan fingerprint density at radius 3 is 2.43 bits per heavy atom. The van der Waals surface area contributed by atoms with Gasteiger partial charge >= 0.3 is 0 Å². The van der Waals surface area contributed by atoms with Gasteiger partial charge in [-0.2, -0.15) is 0 Å². The number of sulfonamides is 1. The third-order valence-electron chi connectivity index (χ3n) is 2.77. The summed E-state index contributed by atoms with van der Waals surface area (Å²) in [6.45, 7) is 4.65. The van der Waals surface area contributed by atoms with Crippen molar-refractivity contribution < 1.29 is 21.3 Å². The van der Waals surface area contributed by atoms with E-state index >= 15 is 0 Å². The second-order valence-electron chi connectivity index (χ2n) is 4.53. The molecule has 0 bridgehead atoms. The van der Waals surface area contributed by atoms with Crippen LogP contribution < -0.4 is 10.0 Å². The maximum atomic E-state index is 11.9. The SMILES string of the molecule is CCCNCc1ccc(S(=O)(=O)NCCS(=O)(=O)CC)o1. The van der Waals surface area contributed by atoms with Crippen LogP contribution in [0.25, 0.3) is 0 Å². The Kier molecular flexibility index (Phi) is 6.85. The van der Waals surface area contributed by atoms with Gasteiger partial charge in [0.1, 0.15) is 5.76 Å². The molecule has 122 valence electrons. The number of hydrogen-bond acceptors (Lipinski definition) is 6. The van der Waals surface area contributed by atoms with Crippen molar-refractivity contribution in [2.24, 2.45) is 0 Å². The first kappa shape index (κ1) is 18.1. The molecule has 0 atom stereocenters. The molecular weight excluding hydrogens is 316 g/mol. The Bertz CT molecular complexity index is 634. The van der Waals surface area contributed by atoms with Crippen LogP contribution in [0.3, 0.4) is 0 Å². The van der Waals surface area contributed by atoms with Crippen LogP contribution in [0.1, 0.15) is 26.0 Å². The molecule has 0 spiro atoms. The summed E-state index contributed by atoms with van der Waals surface area (Å²) in [4.78, 5) is 0. The standard InChI is InChI=1S/C12H22N2O5S2/c1-3-7-13-10-11-5-6-12(19-11)21(17,18)14-8-9-20(15,16)4-2/h5-6,13-14H,3-4,7-10H2,1-2H3. The van der Waals surface area contributed by atoms with E-state index < -0.39 is 19.9 Å². The lowest BCUT2D eigenvalue weighted by atomic mass is 10.4. The molecule has 1 rings (SSSR count). The third kappa shape index (κ3) is 6.16. The van der Waals surface area contributed by atoms with Crippen molar-refractivity contribution in [3.05, 3.63) is 17.9 Å². The topological polar surface area (TPSA) is 105 Å². The van der Waals surface area contributed by atoms with E-state index in [1.54, 1.807) is 6.07 Å². The van der Waals surface area contributed by atoms with E-state index in [9.17, 15) is 16.8 Å². The minimum Gasteiger partial charge on any atom is -0.447 e. The fourth-order valence-corrected chi connectivity index (χ4v) is 3.34. The first-order valence-electron chi connectivity index (χ1n) is 6.80. The van der Waals surface area contributed by atoms with Crippen LogP contribution in [0, 0.1) is 0 Å². The van der Waals surface area contributed by atoms with Crippen molar-refractivity contribution in [1.82, 2.24) is 10.0 Å². The molecule has 0 amide bonds. The minimum atomic E-state index is -3.81. The van der Waals surface area contributed by atoms with Gasteiger partial charge in [-0.1, -0.05) is 13.8 Å². The lowest BCUT2D eigenvalue weighted by molar-refractivity contribution is 0.400. The van der Waals surface area contributed by atoms with Crippen molar-refractivity contribution in [3.63, 3.8) is 0 Å². The highest BCUT2D eigenvalue weighted by molar-refractivity contribution is 7.91. The van der Waals surface area contributed by atoms with E-state index in [0.29, 0.717) is 12.3 Å². The minimum absolute atomic E-state index is 0.0112. The quantitative estimate of drug-likeness (QED) is 0.602. The summed E-state index contributed by atoms with van der Waals surface area (Å²) in [7, 11) is -7.01. The van der Waals surface area contributed by atoms with Gasteiger partial charge in [0.15, 0.2) is 9.84 Å². The van der Waals surface area contributed by atoms with E-state index in [0.717, 1.165) is 13.0 Å². The Labute approximate surface area is 126 Å². The zero-order chi connectivity index (χ0) is 15.9. The van der Waals surface area contributed by atoms with Crippen LogP contribution in [0.5, 0.6) is 0 Å². The highest BCUT2D eigenvalue weighted by Crippen LogP contribution is 2.13. The molecule has 0 radical (unpaired) electrons. The molecule has 0 aliphatic heterocycles. The summed E-state index contributed by atoms with van der Waals surface area (Å²) in [6.07, 6.45) is 0.972. The molecule has 0 aliphatic rings. The molecule has 1 aromatic heterocycles. The number of sulfone groups is 1. The van der Waals surface area contributed by atoms with Gasteiger partial charge in [0.25, 0.3) is 10.0 Å². The molecule has 0 saturated heterocycles. The maximum Gasteiger partial charge on any atom is 0.273 e. The molecule has 9 heteroatoms. The molecule has 0 unspecified atom stereocenters. The third-order valence-corrected chi connectivity index (χ3v) is 5.81. The van der Waals surface area contributed by atoms with Crippen molar-refractivity contribution in [3.8, 4) is 0 Å². The van der Waals surface area contributed by atoms with Crippen LogP contribution in [-0.2, 0) is 26.4 Å². The van der Waals surface area contributed by atoms with E-state index in [-0.39, 0.29) is 23.1 Å². The van der Waals surface area contributed by atoms with Gasteiger partial charge in [0.05, 0.1) is 12.3 Å². The number of rotatable bonds is 10. The smallest absolute Gasteiger partial charge is 0.273 e. The van der Waals surface area contributed by atoms with E-state index in [1.165, 1.54) is 13.0 Å². The second kappa shape index (κ2) is 7.92. The van der Waals surface area contributed by atoms with Gasteiger partial charge in [-0.15, -0.1) is 0 Å². The monoisotopic (exact) mass is 338 g/mol. The number of furan rings is 1. The predicted molar refractivity (Wildman–Crippen MR) is 80.2 cm³/mol. The molecular formula is C12H22N2O5S2. The molecule has 7 nitrogen and oxygen atoms in total. The van der Waals surface area contributed by atoms with Gasteiger partial charge in [-0.25, -0.2) is 21.6 Å². The van der Waals surface area contributed by atoms with Crippen molar-refractivity contribution in [2.75, 3.05) is 24.6 Å². The van der Waals surface area contributed by atoms with Crippen LogP contribution >= 0.6 is 0 Å². The van der Waals surface area contributed by atoms with Gasteiger partial charge < -0.3 is 9.73 Å². The average molecular weight is 338 g/mol. The second-order valence-corrected chi connectivity index (χ2v) is 8.70. The lowest BCUT2D eigenvalue weighted by Gasteiger charge is -2.04. The summed E-state index contributed by atoms with van der Waals surface area (Å²) in [5.41, 5.74) is 0. The number of hydrogen-bond donors (Lipinski definition) is 2. The Balaban J connectivity index is 2.58. The fraction of sp³-hybridized carbons (Fsp3) is 0.667. The molecule has 0 saturated carbocycles. The van der Waals surface area contributed by atoms with Gasteiger partial charge in [-0.3, -0.25) is 0 Å². The van der Waals surface area contributed by atoms with Crippen molar-refractivity contribution >= 4 is 19.9 Å².